The van der Waals surface area contributed by atoms with Gasteiger partial charge in [0.1, 0.15) is 0 Å². The number of benzene rings is 1. The Bertz CT molecular complexity index is 712. The third-order valence-corrected chi connectivity index (χ3v) is 4.61. The lowest BCUT2D eigenvalue weighted by Crippen LogP contribution is -2.50. The molecule has 1 amide bonds. The molecule has 0 spiro atoms. The van der Waals surface area contributed by atoms with Crippen LogP contribution in [0.25, 0.3) is 11.4 Å². The first kappa shape index (κ1) is 16.9. The summed E-state index contributed by atoms with van der Waals surface area (Å²) in [6.45, 7) is 5.12. The highest BCUT2D eigenvalue weighted by atomic mass is 35.5. The van der Waals surface area contributed by atoms with Crippen molar-refractivity contribution in [1.29, 1.82) is 0 Å². The molecule has 2 aromatic rings. The van der Waals surface area contributed by atoms with E-state index in [2.05, 4.69) is 34.6 Å². The van der Waals surface area contributed by atoms with E-state index >= 15 is 0 Å². The van der Waals surface area contributed by atoms with Crippen LogP contribution in [0.5, 0.6) is 0 Å². The summed E-state index contributed by atoms with van der Waals surface area (Å²) in [6.07, 6.45) is 1.70. The van der Waals surface area contributed by atoms with Gasteiger partial charge in [0.25, 0.3) is 0 Å². The van der Waals surface area contributed by atoms with Crippen molar-refractivity contribution in [3.8, 4) is 11.4 Å². The van der Waals surface area contributed by atoms with Crippen molar-refractivity contribution >= 4 is 17.5 Å². The van der Waals surface area contributed by atoms with Gasteiger partial charge in [-0.2, -0.15) is 4.98 Å². The van der Waals surface area contributed by atoms with Gasteiger partial charge in [0.15, 0.2) is 0 Å². The Hall–Kier alpha value is -1.92. The Morgan fingerprint density at radius 3 is 2.83 bits per heavy atom. The second-order valence-electron chi connectivity index (χ2n) is 6.58. The van der Waals surface area contributed by atoms with Crippen LogP contribution in [-0.2, 0) is 11.2 Å². The lowest BCUT2D eigenvalue weighted by Gasteiger charge is -2.27. The molecule has 1 atom stereocenters. The van der Waals surface area contributed by atoms with Crippen LogP contribution in [0.2, 0.25) is 5.02 Å². The molecule has 1 aromatic heterocycles. The first-order valence-corrected chi connectivity index (χ1v) is 8.45. The zero-order valence-electron chi connectivity index (χ0n) is 13.8. The standard InChI is InChI=1S/C17H21ClN4O2/c1-17(2)13(9-10-19-17)20-14(23)7-8-15-21-16(22-24-15)11-3-5-12(18)6-4-11/h3-6,13,19H,7-10H2,1-2H3,(H,20,23). The van der Waals surface area contributed by atoms with Gasteiger partial charge in [-0.25, -0.2) is 0 Å². The van der Waals surface area contributed by atoms with E-state index in [0.717, 1.165) is 18.5 Å². The number of rotatable bonds is 5. The van der Waals surface area contributed by atoms with E-state index in [-0.39, 0.29) is 17.5 Å². The summed E-state index contributed by atoms with van der Waals surface area (Å²) < 4.78 is 5.22. The summed E-state index contributed by atoms with van der Waals surface area (Å²) in [5, 5.41) is 11.1. The molecule has 0 saturated carbocycles. The van der Waals surface area contributed by atoms with Crippen molar-refractivity contribution in [3.63, 3.8) is 0 Å². The van der Waals surface area contributed by atoms with Crippen molar-refractivity contribution in [2.24, 2.45) is 0 Å². The van der Waals surface area contributed by atoms with Crippen molar-refractivity contribution in [2.75, 3.05) is 6.54 Å². The molecule has 1 unspecified atom stereocenters. The number of aryl methyl sites for hydroxylation is 1. The van der Waals surface area contributed by atoms with Crippen LogP contribution in [0.1, 0.15) is 32.6 Å². The van der Waals surface area contributed by atoms with Gasteiger partial charge in [-0.1, -0.05) is 16.8 Å². The van der Waals surface area contributed by atoms with E-state index in [1.54, 1.807) is 12.1 Å². The summed E-state index contributed by atoms with van der Waals surface area (Å²) in [4.78, 5) is 16.5. The number of hydrogen-bond donors (Lipinski definition) is 2. The summed E-state index contributed by atoms with van der Waals surface area (Å²) in [5.74, 6) is 0.963. The molecule has 6 nitrogen and oxygen atoms in total. The molecule has 2 heterocycles. The monoisotopic (exact) mass is 348 g/mol. The molecule has 0 aliphatic carbocycles. The molecule has 3 rings (SSSR count). The minimum Gasteiger partial charge on any atom is -0.351 e. The molecule has 24 heavy (non-hydrogen) atoms. The van der Waals surface area contributed by atoms with E-state index in [0.29, 0.717) is 29.6 Å². The maximum atomic E-state index is 12.1. The predicted molar refractivity (Wildman–Crippen MR) is 91.7 cm³/mol. The summed E-state index contributed by atoms with van der Waals surface area (Å²) in [6, 6.07) is 7.37. The maximum absolute atomic E-state index is 12.1. The smallest absolute Gasteiger partial charge is 0.227 e. The zero-order valence-corrected chi connectivity index (χ0v) is 14.6. The number of halogens is 1. The number of aromatic nitrogens is 2. The lowest BCUT2D eigenvalue weighted by atomic mass is 9.97. The van der Waals surface area contributed by atoms with Gasteiger partial charge in [-0.05, 0) is 51.1 Å². The zero-order chi connectivity index (χ0) is 17.2. The molecular weight excluding hydrogens is 328 g/mol. The van der Waals surface area contributed by atoms with E-state index in [9.17, 15) is 4.79 Å². The number of nitrogens with zero attached hydrogens (tertiary/aromatic N) is 2. The molecule has 7 heteroatoms. The van der Waals surface area contributed by atoms with E-state index < -0.39 is 0 Å². The van der Waals surface area contributed by atoms with Gasteiger partial charge in [-0.15, -0.1) is 0 Å². The second-order valence-corrected chi connectivity index (χ2v) is 7.01. The summed E-state index contributed by atoms with van der Waals surface area (Å²) in [7, 11) is 0. The van der Waals surface area contributed by atoms with Gasteiger partial charge in [0.2, 0.25) is 17.6 Å². The van der Waals surface area contributed by atoms with E-state index in [4.69, 9.17) is 16.1 Å². The number of carbonyl (C=O) groups excluding carboxylic acids is 1. The van der Waals surface area contributed by atoms with Crippen LogP contribution in [0.3, 0.4) is 0 Å². The van der Waals surface area contributed by atoms with Gasteiger partial charge in [-0.3, -0.25) is 4.79 Å². The van der Waals surface area contributed by atoms with Crippen LogP contribution in [0.15, 0.2) is 28.8 Å². The first-order chi connectivity index (χ1) is 11.4. The van der Waals surface area contributed by atoms with Gasteiger partial charge >= 0.3 is 0 Å². The molecule has 2 N–H and O–H groups in total. The predicted octanol–water partition coefficient (Wildman–Crippen LogP) is 2.58. The second kappa shape index (κ2) is 6.91. The third-order valence-electron chi connectivity index (χ3n) is 4.36. The highest BCUT2D eigenvalue weighted by Crippen LogP contribution is 2.20. The third kappa shape index (κ3) is 3.94. The van der Waals surface area contributed by atoms with Gasteiger partial charge in [0.05, 0.1) is 0 Å². The molecule has 0 bridgehead atoms. The average Bonchev–Trinajstić information content (AvgIpc) is 3.13. The first-order valence-electron chi connectivity index (χ1n) is 8.07. The normalized spacial score (nSPS) is 19.4. The SMILES string of the molecule is CC1(C)NCCC1NC(=O)CCc1nc(-c2ccc(Cl)cc2)no1. The minimum absolute atomic E-state index is 0.00279. The Balaban J connectivity index is 1.54. The molecule has 0 radical (unpaired) electrons. The fraction of sp³-hybridized carbons (Fsp3) is 0.471. The fourth-order valence-electron chi connectivity index (χ4n) is 2.83. The van der Waals surface area contributed by atoms with Crippen LogP contribution in [-0.4, -0.2) is 34.2 Å². The maximum Gasteiger partial charge on any atom is 0.227 e. The molecule has 1 fully saturated rings. The molecule has 1 aliphatic rings. The Morgan fingerprint density at radius 1 is 1.42 bits per heavy atom. The lowest BCUT2D eigenvalue weighted by molar-refractivity contribution is -0.122. The Morgan fingerprint density at radius 2 is 2.17 bits per heavy atom. The summed E-state index contributed by atoms with van der Waals surface area (Å²) in [5.41, 5.74) is 0.764. The Labute approximate surface area is 146 Å². The Kier molecular flexibility index (Phi) is 4.87. The van der Waals surface area contributed by atoms with Crippen LogP contribution in [0, 0.1) is 0 Å². The number of hydrogen-bond acceptors (Lipinski definition) is 5. The van der Waals surface area contributed by atoms with E-state index in [1.165, 1.54) is 0 Å². The molecule has 128 valence electrons. The largest absolute Gasteiger partial charge is 0.351 e. The summed E-state index contributed by atoms with van der Waals surface area (Å²) >= 11 is 5.87. The molecular formula is C17H21ClN4O2. The molecule has 1 saturated heterocycles. The quantitative estimate of drug-likeness (QED) is 0.868. The van der Waals surface area contributed by atoms with Crippen molar-refractivity contribution in [2.45, 2.75) is 44.7 Å². The number of amides is 1. The molecule has 1 aromatic carbocycles. The number of carbonyl (C=O) groups is 1. The minimum atomic E-state index is -0.0676. The average molecular weight is 349 g/mol. The van der Waals surface area contributed by atoms with Crippen molar-refractivity contribution in [3.05, 3.63) is 35.2 Å². The highest BCUT2D eigenvalue weighted by molar-refractivity contribution is 6.30. The van der Waals surface area contributed by atoms with Crippen LogP contribution >= 0.6 is 11.6 Å². The van der Waals surface area contributed by atoms with Crippen LogP contribution in [0.4, 0.5) is 0 Å². The fourth-order valence-corrected chi connectivity index (χ4v) is 2.96. The topological polar surface area (TPSA) is 80.0 Å². The van der Waals surface area contributed by atoms with Crippen molar-refractivity contribution < 1.29 is 9.32 Å². The van der Waals surface area contributed by atoms with Gasteiger partial charge in [0, 0.05) is 35.0 Å². The van der Waals surface area contributed by atoms with Gasteiger partial charge < -0.3 is 15.2 Å². The van der Waals surface area contributed by atoms with Crippen LogP contribution < -0.4 is 10.6 Å². The number of nitrogens with one attached hydrogen (secondary N) is 2. The van der Waals surface area contributed by atoms with E-state index in [1.807, 2.05) is 12.1 Å². The van der Waals surface area contributed by atoms with Crippen molar-refractivity contribution in [1.82, 2.24) is 20.8 Å². The molecule has 1 aliphatic heterocycles. The highest BCUT2D eigenvalue weighted by Gasteiger charge is 2.34.